The summed E-state index contributed by atoms with van der Waals surface area (Å²) in [6, 6.07) is 6.72. The number of benzene rings is 1. The first-order chi connectivity index (χ1) is 8.80. The molecule has 2 nitrogen and oxygen atoms in total. The fraction of sp³-hybridized carbons (Fsp3) is 0.529. The second-order valence-corrected chi connectivity index (χ2v) is 6.77. The van der Waals surface area contributed by atoms with E-state index >= 15 is 0 Å². The minimum Gasteiger partial charge on any atom is -0.350 e. The Morgan fingerprint density at radius 3 is 2.42 bits per heavy atom. The van der Waals surface area contributed by atoms with Crippen LogP contribution in [-0.4, -0.2) is 30.1 Å². The molecule has 0 saturated heterocycles. The zero-order valence-electron chi connectivity index (χ0n) is 13.1. The molecule has 0 radical (unpaired) electrons. The van der Waals surface area contributed by atoms with Gasteiger partial charge in [0.05, 0.1) is 5.52 Å². The summed E-state index contributed by atoms with van der Waals surface area (Å²) in [7, 11) is 6.42. The lowest BCUT2D eigenvalue weighted by molar-refractivity contribution is 0.414. The van der Waals surface area contributed by atoms with Gasteiger partial charge in [0.1, 0.15) is 0 Å². The summed E-state index contributed by atoms with van der Waals surface area (Å²) in [6.45, 7) is 7.95. The summed E-state index contributed by atoms with van der Waals surface area (Å²) in [4.78, 5) is 2.24. The van der Waals surface area contributed by atoms with E-state index in [2.05, 4.69) is 75.8 Å². The molecule has 1 heterocycles. The zero-order chi connectivity index (χ0) is 14.2. The maximum Gasteiger partial charge on any atom is 0.0518 e. The highest BCUT2D eigenvalue weighted by Crippen LogP contribution is 2.32. The Balaban J connectivity index is 2.54. The Morgan fingerprint density at radius 1 is 1.16 bits per heavy atom. The van der Waals surface area contributed by atoms with Crippen LogP contribution in [0.4, 0.5) is 0 Å². The van der Waals surface area contributed by atoms with E-state index in [0.717, 1.165) is 13.0 Å². The Hall–Kier alpha value is -1.28. The monoisotopic (exact) mass is 258 g/mol. The second kappa shape index (κ2) is 5.01. The number of rotatable bonds is 3. The van der Waals surface area contributed by atoms with Gasteiger partial charge in [0.2, 0.25) is 0 Å². The molecule has 0 aliphatic rings. The van der Waals surface area contributed by atoms with Crippen LogP contribution in [0.25, 0.3) is 10.9 Å². The van der Waals surface area contributed by atoms with Crippen LogP contribution in [0.5, 0.6) is 0 Å². The summed E-state index contributed by atoms with van der Waals surface area (Å²) in [5.41, 5.74) is 4.47. The van der Waals surface area contributed by atoms with Crippen molar-refractivity contribution in [3.8, 4) is 0 Å². The Kier molecular flexibility index (Phi) is 3.73. The van der Waals surface area contributed by atoms with Gasteiger partial charge in [0.25, 0.3) is 0 Å². The molecule has 0 fully saturated rings. The smallest absolute Gasteiger partial charge is 0.0518 e. The SMILES string of the molecule is CN(C)CCc1cn(C)c2c(C(C)(C)C)cccc12. The second-order valence-electron chi connectivity index (χ2n) is 6.77. The van der Waals surface area contributed by atoms with E-state index in [1.54, 1.807) is 0 Å². The summed E-state index contributed by atoms with van der Waals surface area (Å²) >= 11 is 0. The molecule has 0 unspecified atom stereocenters. The van der Waals surface area contributed by atoms with E-state index in [9.17, 15) is 0 Å². The molecule has 2 heteroatoms. The molecule has 0 aliphatic carbocycles. The van der Waals surface area contributed by atoms with Gasteiger partial charge in [-0.1, -0.05) is 39.0 Å². The maximum atomic E-state index is 2.30. The van der Waals surface area contributed by atoms with Gasteiger partial charge < -0.3 is 9.47 Å². The first-order valence-corrected chi connectivity index (χ1v) is 7.03. The van der Waals surface area contributed by atoms with Crippen LogP contribution in [0.1, 0.15) is 31.9 Å². The predicted molar refractivity (Wildman–Crippen MR) is 83.9 cm³/mol. The molecule has 2 aromatic rings. The van der Waals surface area contributed by atoms with Crippen LogP contribution in [0.15, 0.2) is 24.4 Å². The van der Waals surface area contributed by atoms with Crippen molar-refractivity contribution in [3.63, 3.8) is 0 Å². The molecule has 19 heavy (non-hydrogen) atoms. The molecule has 0 atom stereocenters. The average molecular weight is 258 g/mol. The molecule has 0 N–H and O–H groups in total. The van der Waals surface area contributed by atoms with E-state index < -0.39 is 0 Å². The van der Waals surface area contributed by atoms with Gasteiger partial charge in [-0.05, 0) is 37.1 Å². The number of aryl methyl sites for hydroxylation is 1. The van der Waals surface area contributed by atoms with Gasteiger partial charge in [-0.15, -0.1) is 0 Å². The normalized spacial score (nSPS) is 12.6. The van der Waals surface area contributed by atoms with Crippen molar-refractivity contribution in [2.45, 2.75) is 32.6 Å². The molecule has 0 bridgehead atoms. The topological polar surface area (TPSA) is 8.17 Å². The van der Waals surface area contributed by atoms with Gasteiger partial charge in [-0.2, -0.15) is 0 Å². The highest BCUT2D eigenvalue weighted by atomic mass is 15.0. The van der Waals surface area contributed by atoms with Crippen LogP contribution >= 0.6 is 0 Å². The van der Waals surface area contributed by atoms with Crippen LogP contribution in [0, 0.1) is 0 Å². The summed E-state index contributed by atoms with van der Waals surface area (Å²) in [6.07, 6.45) is 3.40. The van der Waals surface area contributed by atoms with E-state index in [-0.39, 0.29) is 5.41 Å². The molecular formula is C17H26N2. The van der Waals surface area contributed by atoms with Crippen molar-refractivity contribution in [1.29, 1.82) is 0 Å². The first kappa shape index (κ1) is 14.1. The van der Waals surface area contributed by atoms with Crippen molar-refractivity contribution in [2.24, 2.45) is 7.05 Å². The molecular weight excluding hydrogens is 232 g/mol. The van der Waals surface area contributed by atoms with Gasteiger partial charge >= 0.3 is 0 Å². The van der Waals surface area contributed by atoms with Gasteiger partial charge in [0, 0.05) is 25.2 Å². The van der Waals surface area contributed by atoms with E-state index in [0.29, 0.717) is 0 Å². The molecule has 104 valence electrons. The fourth-order valence-electron chi connectivity index (χ4n) is 2.70. The number of nitrogens with zero attached hydrogens (tertiary/aromatic N) is 2. The minimum atomic E-state index is 0.185. The first-order valence-electron chi connectivity index (χ1n) is 7.03. The average Bonchev–Trinajstić information content (AvgIpc) is 2.63. The summed E-state index contributed by atoms with van der Waals surface area (Å²) in [5, 5.41) is 1.41. The predicted octanol–water partition coefficient (Wildman–Crippen LogP) is 3.58. The molecule has 0 aliphatic heterocycles. The van der Waals surface area contributed by atoms with E-state index in [1.165, 1.54) is 22.0 Å². The third-order valence-electron chi connectivity index (χ3n) is 3.72. The van der Waals surface area contributed by atoms with Crippen molar-refractivity contribution in [2.75, 3.05) is 20.6 Å². The van der Waals surface area contributed by atoms with Crippen molar-refractivity contribution >= 4 is 10.9 Å². The largest absolute Gasteiger partial charge is 0.350 e. The number of fused-ring (bicyclic) bond motifs is 1. The zero-order valence-corrected chi connectivity index (χ0v) is 13.1. The van der Waals surface area contributed by atoms with Crippen LogP contribution < -0.4 is 0 Å². The number of para-hydroxylation sites is 1. The molecule has 1 aromatic heterocycles. The molecule has 0 amide bonds. The van der Waals surface area contributed by atoms with Crippen LogP contribution in [0.3, 0.4) is 0 Å². The third-order valence-corrected chi connectivity index (χ3v) is 3.72. The standard InChI is InChI=1S/C17H26N2/c1-17(2,3)15-9-7-8-14-13(10-11-18(4)5)12-19(6)16(14)15/h7-9,12H,10-11H2,1-6H3. The Bertz CT molecular complexity index is 571. The van der Waals surface area contributed by atoms with E-state index in [4.69, 9.17) is 0 Å². The number of hydrogen-bond donors (Lipinski definition) is 0. The highest BCUT2D eigenvalue weighted by Gasteiger charge is 2.19. The molecule has 1 aromatic carbocycles. The van der Waals surface area contributed by atoms with Crippen LogP contribution in [0.2, 0.25) is 0 Å². The van der Waals surface area contributed by atoms with Crippen LogP contribution in [-0.2, 0) is 18.9 Å². The molecule has 2 rings (SSSR count). The maximum absolute atomic E-state index is 2.30. The number of hydrogen-bond acceptors (Lipinski definition) is 1. The molecule has 0 spiro atoms. The lowest BCUT2D eigenvalue weighted by Gasteiger charge is -2.21. The fourth-order valence-corrected chi connectivity index (χ4v) is 2.70. The van der Waals surface area contributed by atoms with Crippen molar-refractivity contribution in [1.82, 2.24) is 9.47 Å². The van der Waals surface area contributed by atoms with Gasteiger partial charge in [-0.25, -0.2) is 0 Å². The number of likely N-dealkylation sites (N-methyl/N-ethyl adjacent to an activating group) is 1. The van der Waals surface area contributed by atoms with E-state index in [1.807, 2.05) is 0 Å². The summed E-state index contributed by atoms with van der Waals surface area (Å²) in [5.74, 6) is 0. The lowest BCUT2D eigenvalue weighted by Crippen LogP contribution is -2.15. The quantitative estimate of drug-likeness (QED) is 0.817. The highest BCUT2D eigenvalue weighted by molar-refractivity contribution is 5.87. The van der Waals surface area contributed by atoms with Crippen molar-refractivity contribution in [3.05, 3.63) is 35.5 Å². The third kappa shape index (κ3) is 2.84. The molecule has 0 saturated carbocycles. The Morgan fingerprint density at radius 2 is 1.84 bits per heavy atom. The number of aromatic nitrogens is 1. The van der Waals surface area contributed by atoms with Gasteiger partial charge in [0.15, 0.2) is 0 Å². The Labute approximate surface area is 117 Å². The van der Waals surface area contributed by atoms with Crippen molar-refractivity contribution < 1.29 is 0 Å². The summed E-state index contributed by atoms with van der Waals surface area (Å²) < 4.78 is 2.29. The minimum absolute atomic E-state index is 0.185. The van der Waals surface area contributed by atoms with Gasteiger partial charge in [-0.3, -0.25) is 0 Å². The lowest BCUT2D eigenvalue weighted by atomic mass is 9.85.